The van der Waals surface area contributed by atoms with Gasteiger partial charge >= 0.3 is 30.9 Å². The van der Waals surface area contributed by atoms with Crippen LogP contribution in [0.4, 0.5) is 4.79 Å². The number of hydrogen-bond acceptors (Lipinski definition) is 5. The van der Waals surface area contributed by atoms with Crippen LogP contribution in [0.15, 0.2) is 30.6 Å². The van der Waals surface area contributed by atoms with E-state index in [-0.39, 0.29) is 32.1 Å². The molecular weight excluding hydrogens is 367 g/mol. The molecule has 154 valence electrons. The molecule has 0 bridgehead atoms. The first-order valence-corrected chi connectivity index (χ1v) is 9.44. The van der Waals surface area contributed by atoms with Gasteiger partial charge in [0.2, 0.25) is 0 Å². The summed E-state index contributed by atoms with van der Waals surface area (Å²) in [6.45, 7) is 6.90. The van der Waals surface area contributed by atoms with E-state index in [9.17, 15) is 9.59 Å². The number of ether oxygens (including phenoxy) is 1. The van der Waals surface area contributed by atoms with Crippen molar-refractivity contribution in [3.8, 4) is 11.3 Å². The van der Waals surface area contributed by atoms with Crippen LogP contribution in [0.25, 0.3) is 11.3 Å². The summed E-state index contributed by atoms with van der Waals surface area (Å²) < 4.78 is 7.02. The van der Waals surface area contributed by atoms with Gasteiger partial charge in [-0.15, -0.1) is 0 Å². The van der Waals surface area contributed by atoms with Gasteiger partial charge in [0.25, 0.3) is 0 Å². The standard InChI is InChI=1S/C20H28N4O4.Li.H/c1-20(2,3)28-19(27)21-11-6-4-5-7-12-24-14-15(13-22-24)16-9-8-10-17(23-16)18(25)26;;/h8-10,13-14H,4-7,11-12H2,1-3H3,(H,21,27)(H,25,26);;/q;+1;-1. The molecule has 2 heterocycles. The third-order valence-corrected chi connectivity index (χ3v) is 3.88. The number of carboxylic acid groups (broad SMARTS) is 1. The number of aromatic nitrogens is 3. The third kappa shape index (κ3) is 9.16. The summed E-state index contributed by atoms with van der Waals surface area (Å²) in [5, 5.41) is 16.1. The molecule has 2 N–H and O–H groups in total. The summed E-state index contributed by atoms with van der Waals surface area (Å²) in [4.78, 5) is 26.7. The van der Waals surface area contributed by atoms with Gasteiger partial charge in [0.15, 0.2) is 0 Å². The first-order chi connectivity index (χ1) is 13.2. The largest absolute Gasteiger partial charge is 1.00 e. The third-order valence-electron chi connectivity index (χ3n) is 3.88. The average molecular weight is 396 g/mol. The number of carbonyl (C=O) groups excluding carboxylic acids is 1. The van der Waals surface area contributed by atoms with Crippen LogP contribution in [0.5, 0.6) is 0 Å². The van der Waals surface area contributed by atoms with E-state index in [1.807, 2.05) is 31.6 Å². The minimum Gasteiger partial charge on any atom is -1.00 e. The number of rotatable bonds is 9. The van der Waals surface area contributed by atoms with Crippen molar-refractivity contribution in [2.45, 2.75) is 58.6 Å². The molecule has 0 radical (unpaired) electrons. The number of amides is 1. The molecule has 2 rings (SSSR count). The van der Waals surface area contributed by atoms with Gasteiger partial charge in [0, 0.05) is 24.8 Å². The van der Waals surface area contributed by atoms with E-state index in [0.717, 1.165) is 37.8 Å². The van der Waals surface area contributed by atoms with Crippen LogP contribution in [0.3, 0.4) is 0 Å². The number of nitrogens with one attached hydrogen (secondary N) is 1. The number of aryl methyl sites for hydroxylation is 1. The molecule has 0 atom stereocenters. The molecule has 9 heteroatoms. The van der Waals surface area contributed by atoms with Crippen molar-refractivity contribution in [1.29, 1.82) is 0 Å². The van der Waals surface area contributed by atoms with Crippen LogP contribution in [-0.4, -0.2) is 44.1 Å². The fourth-order valence-electron chi connectivity index (χ4n) is 2.59. The van der Waals surface area contributed by atoms with Crippen molar-refractivity contribution < 1.29 is 39.7 Å². The van der Waals surface area contributed by atoms with Crippen molar-refractivity contribution >= 4 is 12.1 Å². The van der Waals surface area contributed by atoms with Crippen molar-refractivity contribution in [3.05, 3.63) is 36.3 Å². The van der Waals surface area contributed by atoms with Gasteiger partial charge in [-0.3, -0.25) is 4.68 Å². The second kappa shape index (κ2) is 11.6. The topological polar surface area (TPSA) is 106 Å². The molecule has 0 fully saturated rings. The molecule has 0 spiro atoms. The van der Waals surface area contributed by atoms with Crippen LogP contribution >= 0.6 is 0 Å². The van der Waals surface area contributed by atoms with Crippen LogP contribution in [-0.2, 0) is 11.3 Å². The van der Waals surface area contributed by atoms with E-state index in [4.69, 9.17) is 9.84 Å². The van der Waals surface area contributed by atoms with Crippen LogP contribution in [0, 0.1) is 0 Å². The van der Waals surface area contributed by atoms with Gasteiger partial charge in [-0.2, -0.15) is 5.10 Å². The second-order valence-corrected chi connectivity index (χ2v) is 7.55. The Kier molecular flexibility index (Phi) is 9.93. The number of hydrogen-bond donors (Lipinski definition) is 2. The monoisotopic (exact) mass is 396 g/mol. The molecule has 0 aromatic carbocycles. The number of pyridine rings is 1. The van der Waals surface area contributed by atoms with Gasteiger partial charge in [-0.05, 0) is 45.7 Å². The summed E-state index contributed by atoms with van der Waals surface area (Å²) in [6, 6.07) is 4.91. The Morgan fingerprint density at radius 1 is 1.21 bits per heavy atom. The molecule has 29 heavy (non-hydrogen) atoms. The van der Waals surface area contributed by atoms with Crippen LogP contribution in [0.1, 0.15) is 58.4 Å². The molecule has 0 saturated heterocycles. The Labute approximate surface area is 184 Å². The zero-order chi connectivity index (χ0) is 20.6. The van der Waals surface area contributed by atoms with Crippen molar-refractivity contribution in [2.24, 2.45) is 0 Å². The van der Waals surface area contributed by atoms with Crippen molar-refractivity contribution in [3.63, 3.8) is 0 Å². The molecule has 2 aromatic rings. The molecule has 0 aliphatic heterocycles. The molecule has 0 aliphatic carbocycles. The predicted octanol–water partition coefficient (Wildman–Crippen LogP) is 0.845. The maximum Gasteiger partial charge on any atom is 1.00 e. The normalized spacial score (nSPS) is 10.9. The number of alkyl carbamates (subject to hydrolysis) is 1. The minimum atomic E-state index is -1.05. The van der Waals surface area contributed by atoms with E-state index in [1.165, 1.54) is 6.07 Å². The number of carboxylic acids is 1. The summed E-state index contributed by atoms with van der Waals surface area (Å²) in [7, 11) is 0. The fraction of sp³-hybridized carbons (Fsp3) is 0.500. The van der Waals surface area contributed by atoms with E-state index in [0.29, 0.717) is 12.2 Å². The quantitative estimate of drug-likeness (QED) is 0.481. The summed E-state index contributed by atoms with van der Waals surface area (Å²) >= 11 is 0. The molecule has 8 nitrogen and oxygen atoms in total. The van der Waals surface area contributed by atoms with E-state index < -0.39 is 11.6 Å². The molecule has 0 aliphatic rings. The number of carbonyl (C=O) groups is 2. The molecule has 0 unspecified atom stereocenters. The van der Waals surface area contributed by atoms with E-state index in [2.05, 4.69) is 15.4 Å². The summed E-state index contributed by atoms with van der Waals surface area (Å²) in [5.74, 6) is -1.05. The zero-order valence-electron chi connectivity index (χ0n) is 18.6. The van der Waals surface area contributed by atoms with Crippen molar-refractivity contribution in [1.82, 2.24) is 20.1 Å². The Hall–Kier alpha value is -2.30. The van der Waals surface area contributed by atoms with E-state index >= 15 is 0 Å². The van der Waals surface area contributed by atoms with Crippen molar-refractivity contribution in [2.75, 3.05) is 6.54 Å². The molecule has 1 amide bonds. The maximum atomic E-state index is 11.5. The molecule has 0 saturated carbocycles. The zero-order valence-corrected chi connectivity index (χ0v) is 17.6. The average Bonchev–Trinajstić information content (AvgIpc) is 3.08. The first kappa shape index (κ1) is 24.7. The Balaban J connectivity index is 0.00000420. The first-order valence-electron chi connectivity index (χ1n) is 9.44. The van der Waals surface area contributed by atoms with Gasteiger partial charge in [0.05, 0.1) is 11.9 Å². The van der Waals surface area contributed by atoms with Gasteiger partial charge < -0.3 is 16.6 Å². The van der Waals surface area contributed by atoms with Gasteiger partial charge in [-0.1, -0.05) is 18.9 Å². The second-order valence-electron chi connectivity index (χ2n) is 7.55. The summed E-state index contributed by atoms with van der Waals surface area (Å²) in [6.07, 6.45) is 7.09. The smallest absolute Gasteiger partial charge is 1.00 e. The minimum absolute atomic E-state index is 0. The van der Waals surface area contributed by atoms with Crippen LogP contribution in [0.2, 0.25) is 0 Å². The number of unbranched alkanes of at least 4 members (excludes halogenated alkanes) is 3. The number of nitrogens with zero attached hydrogens (tertiary/aromatic N) is 3. The van der Waals surface area contributed by atoms with Gasteiger partial charge in [-0.25, -0.2) is 14.6 Å². The Morgan fingerprint density at radius 3 is 2.62 bits per heavy atom. The fourth-order valence-corrected chi connectivity index (χ4v) is 2.59. The molecule has 2 aromatic heterocycles. The van der Waals surface area contributed by atoms with E-state index in [1.54, 1.807) is 18.3 Å². The predicted molar refractivity (Wildman–Crippen MR) is 106 cm³/mol. The van der Waals surface area contributed by atoms with Crippen LogP contribution < -0.4 is 24.2 Å². The SMILES string of the molecule is CC(C)(C)OC(=O)NCCCCCCn1cc(-c2cccc(C(=O)O)n2)cn1.[H-].[Li+]. The Morgan fingerprint density at radius 2 is 1.93 bits per heavy atom. The Bertz CT molecular complexity index is 808. The number of aromatic carboxylic acids is 1. The summed E-state index contributed by atoms with van der Waals surface area (Å²) in [5.41, 5.74) is 0.936. The van der Waals surface area contributed by atoms with Gasteiger partial charge in [0.1, 0.15) is 11.3 Å². The maximum absolute atomic E-state index is 11.5. The molecular formula is C20H29LiN4O4.